The molecule has 6 heteroatoms. The van der Waals surface area contributed by atoms with Crippen molar-refractivity contribution in [2.24, 2.45) is 0 Å². The van der Waals surface area contributed by atoms with Gasteiger partial charge in [-0.3, -0.25) is 14.4 Å². The number of ether oxygens (including phenoxy) is 3. The van der Waals surface area contributed by atoms with Gasteiger partial charge in [-0.1, -0.05) is 271 Å². The van der Waals surface area contributed by atoms with Gasteiger partial charge in [-0.05, 0) is 116 Å². The van der Waals surface area contributed by atoms with Gasteiger partial charge in [0.25, 0.3) is 0 Å². The molecular formula is C70H116O6. The van der Waals surface area contributed by atoms with Gasteiger partial charge in [0.05, 0.1) is 0 Å². The van der Waals surface area contributed by atoms with E-state index in [-0.39, 0.29) is 31.1 Å². The third kappa shape index (κ3) is 60.7. The predicted molar refractivity (Wildman–Crippen MR) is 330 cm³/mol. The van der Waals surface area contributed by atoms with Crippen LogP contribution in [0.2, 0.25) is 0 Å². The first kappa shape index (κ1) is 71.8. The molecule has 0 bridgehead atoms. The average molecular weight is 1050 g/mol. The van der Waals surface area contributed by atoms with Gasteiger partial charge >= 0.3 is 17.9 Å². The molecule has 1 unspecified atom stereocenters. The monoisotopic (exact) mass is 1050 g/mol. The van der Waals surface area contributed by atoms with Crippen LogP contribution in [0.15, 0.2) is 122 Å². The summed E-state index contributed by atoms with van der Waals surface area (Å²) in [5, 5.41) is 0. The molecule has 0 heterocycles. The van der Waals surface area contributed by atoms with Gasteiger partial charge in [-0.25, -0.2) is 0 Å². The third-order valence-corrected chi connectivity index (χ3v) is 13.2. The van der Waals surface area contributed by atoms with Crippen LogP contribution in [-0.4, -0.2) is 37.2 Å². The number of rotatable bonds is 56. The van der Waals surface area contributed by atoms with Gasteiger partial charge in [0.15, 0.2) is 6.10 Å². The maximum Gasteiger partial charge on any atom is 0.306 e. The van der Waals surface area contributed by atoms with E-state index in [1.54, 1.807) is 0 Å². The number of carbonyl (C=O) groups is 3. The van der Waals surface area contributed by atoms with Crippen LogP contribution >= 0.6 is 0 Å². The van der Waals surface area contributed by atoms with Crippen molar-refractivity contribution in [3.05, 3.63) is 122 Å². The Morgan fingerprint density at radius 2 is 0.513 bits per heavy atom. The summed E-state index contributed by atoms with van der Waals surface area (Å²) in [6.45, 7) is 6.47. The van der Waals surface area contributed by atoms with E-state index in [0.717, 1.165) is 128 Å². The molecule has 0 aliphatic heterocycles. The third-order valence-electron chi connectivity index (χ3n) is 13.2. The zero-order valence-electron chi connectivity index (χ0n) is 49.5. The Morgan fingerprint density at radius 3 is 0.855 bits per heavy atom. The molecule has 0 N–H and O–H groups in total. The second-order valence-corrected chi connectivity index (χ2v) is 20.6. The van der Waals surface area contributed by atoms with Crippen molar-refractivity contribution in [3.63, 3.8) is 0 Å². The Bertz CT molecular complexity index is 1590. The number of carbonyl (C=O) groups excluding carboxylic acids is 3. The largest absolute Gasteiger partial charge is 0.462 e. The zero-order chi connectivity index (χ0) is 55.0. The maximum atomic E-state index is 12.9. The first-order valence-corrected chi connectivity index (χ1v) is 31.5. The van der Waals surface area contributed by atoms with Crippen LogP contribution in [-0.2, 0) is 28.6 Å². The minimum Gasteiger partial charge on any atom is -0.462 e. The molecule has 0 saturated heterocycles. The van der Waals surface area contributed by atoms with Crippen LogP contribution in [0, 0.1) is 0 Å². The van der Waals surface area contributed by atoms with Gasteiger partial charge in [0.1, 0.15) is 13.2 Å². The fraction of sp³-hybridized carbons (Fsp3) is 0.671. The summed E-state index contributed by atoms with van der Waals surface area (Å²) in [6, 6.07) is 0. The number of allylic oxidation sites excluding steroid dienone is 20. The lowest BCUT2D eigenvalue weighted by Gasteiger charge is -2.18. The maximum absolute atomic E-state index is 12.9. The topological polar surface area (TPSA) is 78.9 Å². The van der Waals surface area contributed by atoms with Gasteiger partial charge < -0.3 is 14.2 Å². The summed E-state index contributed by atoms with van der Waals surface area (Å²) < 4.78 is 16.9. The predicted octanol–water partition coefficient (Wildman–Crippen LogP) is 21.6. The smallest absolute Gasteiger partial charge is 0.306 e. The summed E-state index contributed by atoms with van der Waals surface area (Å²) in [4.78, 5) is 38.3. The second-order valence-electron chi connectivity index (χ2n) is 20.6. The number of hydrogen-bond donors (Lipinski definition) is 0. The highest BCUT2D eigenvalue weighted by molar-refractivity contribution is 5.71. The highest BCUT2D eigenvalue weighted by atomic mass is 16.6. The first-order valence-electron chi connectivity index (χ1n) is 31.5. The summed E-state index contributed by atoms with van der Waals surface area (Å²) in [6.07, 6.45) is 87.7. The molecule has 0 aromatic carbocycles. The molecule has 0 amide bonds. The molecule has 0 spiro atoms. The van der Waals surface area contributed by atoms with Crippen molar-refractivity contribution >= 4 is 17.9 Å². The zero-order valence-corrected chi connectivity index (χ0v) is 49.5. The van der Waals surface area contributed by atoms with Crippen molar-refractivity contribution < 1.29 is 28.6 Å². The average Bonchev–Trinajstić information content (AvgIpc) is 3.42. The molecule has 0 aliphatic carbocycles. The number of unbranched alkanes of at least 4 members (excludes halogenated alkanes) is 25. The molecule has 0 rings (SSSR count). The molecule has 0 aliphatic rings. The van der Waals surface area contributed by atoms with Crippen LogP contribution in [0.3, 0.4) is 0 Å². The van der Waals surface area contributed by atoms with Crippen LogP contribution in [0.25, 0.3) is 0 Å². The van der Waals surface area contributed by atoms with Crippen LogP contribution in [0.4, 0.5) is 0 Å². The van der Waals surface area contributed by atoms with Crippen LogP contribution < -0.4 is 0 Å². The van der Waals surface area contributed by atoms with E-state index in [1.807, 2.05) is 0 Å². The summed E-state index contributed by atoms with van der Waals surface area (Å²) >= 11 is 0. The number of esters is 3. The van der Waals surface area contributed by atoms with E-state index in [1.165, 1.54) is 109 Å². The lowest BCUT2D eigenvalue weighted by molar-refractivity contribution is -0.167. The second kappa shape index (κ2) is 63.3. The summed E-state index contributed by atoms with van der Waals surface area (Å²) in [5.74, 6) is -0.951. The number of hydrogen-bond acceptors (Lipinski definition) is 6. The highest BCUT2D eigenvalue weighted by Gasteiger charge is 2.19. The SMILES string of the molecule is CC/C=C\C/C=C\C/C=C\C/C=C\C/C=C\C/C=C\C/C=C\C/C=C\CCCCC(=O)OCC(COC(=O)CCCCCCC/C=C\C/C=C\CCCCC)OC(=O)CCCCCCCCCCCCCCCCCC. The van der Waals surface area contributed by atoms with Crippen molar-refractivity contribution in [2.45, 2.75) is 290 Å². The molecule has 432 valence electrons. The molecule has 6 nitrogen and oxygen atoms in total. The molecule has 0 aromatic heterocycles. The fourth-order valence-electron chi connectivity index (χ4n) is 8.49. The van der Waals surface area contributed by atoms with E-state index < -0.39 is 6.10 Å². The van der Waals surface area contributed by atoms with Gasteiger partial charge in [0.2, 0.25) is 0 Å². The van der Waals surface area contributed by atoms with Crippen molar-refractivity contribution in [3.8, 4) is 0 Å². The minimum absolute atomic E-state index is 0.0995. The van der Waals surface area contributed by atoms with Gasteiger partial charge in [-0.2, -0.15) is 0 Å². The Morgan fingerprint density at radius 1 is 0.276 bits per heavy atom. The van der Waals surface area contributed by atoms with Crippen molar-refractivity contribution in [1.82, 2.24) is 0 Å². The molecule has 0 saturated carbocycles. The standard InChI is InChI=1S/C70H116O6/c1-4-7-10-13-16-19-22-25-28-30-31-32-33-34-35-36-37-38-39-40-43-45-48-51-54-57-60-63-69(72)75-66-67(65-74-68(71)62-59-56-53-50-47-44-41-27-24-21-18-15-12-9-6-3)76-70(73)64-61-58-55-52-49-46-42-29-26-23-20-17-14-11-8-5-2/h7,10,16,18-19,21,25,27-28,31-32,34-35,37-38,40-41,43,48,51,67H,4-6,8-9,11-15,17,20,22-24,26,29-30,33,36,39,42,44-47,49-50,52-66H2,1-3H3/b10-7-,19-16-,21-18-,28-25-,32-31-,35-34-,38-37-,41-27-,43-40-,51-48-. The first-order chi connectivity index (χ1) is 37.5. The van der Waals surface area contributed by atoms with Gasteiger partial charge in [0, 0.05) is 19.3 Å². The van der Waals surface area contributed by atoms with E-state index in [9.17, 15) is 14.4 Å². The molecule has 0 fully saturated rings. The lowest BCUT2D eigenvalue weighted by atomic mass is 10.0. The summed E-state index contributed by atoms with van der Waals surface area (Å²) in [5.41, 5.74) is 0. The Kier molecular flexibility index (Phi) is 59.9. The Balaban J connectivity index is 4.45. The summed E-state index contributed by atoms with van der Waals surface area (Å²) in [7, 11) is 0. The quantitative estimate of drug-likeness (QED) is 0.0261. The molecule has 1 atom stereocenters. The molecule has 0 aromatic rings. The highest BCUT2D eigenvalue weighted by Crippen LogP contribution is 2.16. The molecule has 0 radical (unpaired) electrons. The van der Waals surface area contributed by atoms with Crippen LogP contribution in [0.5, 0.6) is 0 Å². The van der Waals surface area contributed by atoms with E-state index in [2.05, 4.69) is 142 Å². The van der Waals surface area contributed by atoms with Crippen LogP contribution in [0.1, 0.15) is 284 Å². The van der Waals surface area contributed by atoms with Gasteiger partial charge in [-0.15, -0.1) is 0 Å². The van der Waals surface area contributed by atoms with Crippen molar-refractivity contribution in [2.75, 3.05) is 13.2 Å². The Labute approximate surface area is 469 Å². The lowest BCUT2D eigenvalue weighted by Crippen LogP contribution is -2.30. The van der Waals surface area contributed by atoms with E-state index in [0.29, 0.717) is 25.7 Å². The minimum atomic E-state index is -0.804. The van der Waals surface area contributed by atoms with E-state index in [4.69, 9.17) is 14.2 Å². The molecular weight excluding hydrogens is 937 g/mol. The van der Waals surface area contributed by atoms with Crippen molar-refractivity contribution in [1.29, 1.82) is 0 Å². The Hall–Kier alpha value is -4.19. The fourth-order valence-corrected chi connectivity index (χ4v) is 8.49. The normalized spacial score (nSPS) is 12.9. The molecule has 76 heavy (non-hydrogen) atoms. The van der Waals surface area contributed by atoms with E-state index >= 15 is 0 Å².